The van der Waals surface area contributed by atoms with E-state index in [1.54, 1.807) is 6.92 Å². The Labute approximate surface area is 112 Å². The SMILES string of the molecule is CCNC(C)(CCCN(C)CCC(C)C)C(=O)O. The van der Waals surface area contributed by atoms with Gasteiger partial charge in [-0.25, -0.2) is 0 Å². The highest BCUT2D eigenvalue weighted by molar-refractivity contribution is 5.78. The van der Waals surface area contributed by atoms with E-state index in [9.17, 15) is 9.90 Å². The monoisotopic (exact) mass is 258 g/mol. The molecule has 0 amide bonds. The highest BCUT2D eigenvalue weighted by Gasteiger charge is 2.31. The Morgan fingerprint density at radius 1 is 1.39 bits per heavy atom. The first-order valence-electron chi connectivity index (χ1n) is 6.98. The predicted molar refractivity (Wildman–Crippen MR) is 75.9 cm³/mol. The number of likely N-dealkylation sites (N-methyl/N-ethyl adjacent to an activating group) is 1. The molecule has 108 valence electrons. The van der Waals surface area contributed by atoms with Gasteiger partial charge in [-0.3, -0.25) is 4.79 Å². The Bertz CT molecular complexity index is 244. The average molecular weight is 258 g/mol. The van der Waals surface area contributed by atoms with Gasteiger partial charge in [-0.2, -0.15) is 0 Å². The number of hydrogen-bond donors (Lipinski definition) is 2. The van der Waals surface area contributed by atoms with Gasteiger partial charge in [0.05, 0.1) is 0 Å². The fraction of sp³-hybridized carbons (Fsp3) is 0.929. The van der Waals surface area contributed by atoms with Gasteiger partial charge in [-0.1, -0.05) is 20.8 Å². The van der Waals surface area contributed by atoms with Crippen LogP contribution in [0.2, 0.25) is 0 Å². The first-order valence-corrected chi connectivity index (χ1v) is 6.98. The van der Waals surface area contributed by atoms with Crippen molar-refractivity contribution in [2.45, 2.75) is 52.5 Å². The second kappa shape index (κ2) is 8.48. The topological polar surface area (TPSA) is 52.6 Å². The quantitative estimate of drug-likeness (QED) is 0.631. The summed E-state index contributed by atoms with van der Waals surface area (Å²) in [5, 5.41) is 12.3. The van der Waals surface area contributed by atoms with Gasteiger partial charge in [-0.05, 0) is 58.8 Å². The minimum Gasteiger partial charge on any atom is -0.480 e. The minimum atomic E-state index is -0.784. The van der Waals surface area contributed by atoms with Crippen molar-refractivity contribution in [3.05, 3.63) is 0 Å². The fourth-order valence-electron chi connectivity index (χ4n) is 1.95. The Morgan fingerprint density at radius 3 is 2.44 bits per heavy atom. The molecule has 1 atom stereocenters. The lowest BCUT2D eigenvalue weighted by Gasteiger charge is -2.27. The van der Waals surface area contributed by atoms with Gasteiger partial charge in [0.1, 0.15) is 5.54 Å². The molecule has 0 saturated carbocycles. The summed E-state index contributed by atoms with van der Waals surface area (Å²) in [6.07, 6.45) is 2.77. The molecule has 2 N–H and O–H groups in total. The number of nitrogens with one attached hydrogen (secondary N) is 1. The van der Waals surface area contributed by atoms with Crippen LogP contribution in [0.4, 0.5) is 0 Å². The number of carboxylic acids is 1. The lowest BCUT2D eigenvalue weighted by Crippen LogP contribution is -2.49. The standard InChI is InChI=1S/C14H30N2O2/c1-6-15-14(4,13(17)18)9-7-10-16(5)11-8-12(2)3/h12,15H,6-11H2,1-5H3,(H,17,18). The van der Waals surface area contributed by atoms with Gasteiger partial charge in [0.15, 0.2) is 0 Å². The van der Waals surface area contributed by atoms with Gasteiger partial charge < -0.3 is 15.3 Å². The zero-order chi connectivity index (χ0) is 14.2. The van der Waals surface area contributed by atoms with E-state index in [0.717, 1.165) is 25.4 Å². The van der Waals surface area contributed by atoms with E-state index in [1.165, 1.54) is 6.42 Å². The first-order chi connectivity index (χ1) is 8.31. The number of aliphatic carboxylic acids is 1. The second-order valence-corrected chi connectivity index (χ2v) is 5.76. The molecule has 0 radical (unpaired) electrons. The Hall–Kier alpha value is -0.610. The Morgan fingerprint density at radius 2 is 2.00 bits per heavy atom. The van der Waals surface area contributed by atoms with Crippen molar-refractivity contribution in [1.82, 2.24) is 10.2 Å². The molecule has 0 rings (SSSR count). The van der Waals surface area contributed by atoms with Crippen LogP contribution in [0.25, 0.3) is 0 Å². The molecule has 0 bridgehead atoms. The number of rotatable bonds is 10. The number of hydrogen-bond acceptors (Lipinski definition) is 3. The summed E-state index contributed by atoms with van der Waals surface area (Å²) in [4.78, 5) is 13.5. The molecule has 0 heterocycles. The molecule has 0 aliphatic rings. The maximum atomic E-state index is 11.2. The van der Waals surface area contributed by atoms with E-state index in [0.29, 0.717) is 13.0 Å². The molecular formula is C14H30N2O2. The van der Waals surface area contributed by atoms with Gasteiger partial charge >= 0.3 is 5.97 Å². The van der Waals surface area contributed by atoms with E-state index in [2.05, 4.69) is 31.1 Å². The zero-order valence-electron chi connectivity index (χ0n) is 12.6. The molecule has 0 fully saturated rings. The molecule has 0 aliphatic heterocycles. The van der Waals surface area contributed by atoms with Crippen LogP contribution in [-0.2, 0) is 4.79 Å². The maximum Gasteiger partial charge on any atom is 0.323 e. The second-order valence-electron chi connectivity index (χ2n) is 5.76. The molecule has 4 nitrogen and oxygen atoms in total. The van der Waals surface area contributed by atoms with E-state index in [-0.39, 0.29) is 0 Å². The smallest absolute Gasteiger partial charge is 0.323 e. The van der Waals surface area contributed by atoms with E-state index in [1.807, 2.05) is 6.92 Å². The number of carbonyl (C=O) groups is 1. The predicted octanol–water partition coefficient (Wildman–Crippen LogP) is 2.20. The van der Waals surface area contributed by atoms with Crippen LogP contribution >= 0.6 is 0 Å². The third-order valence-corrected chi connectivity index (χ3v) is 3.34. The first kappa shape index (κ1) is 17.4. The summed E-state index contributed by atoms with van der Waals surface area (Å²) < 4.78 is 0. The van der Waals surface area contributed by atoms with Gasteiger partial charge in [0.25, 0.3) is 0 Å². The van der Waals surface area contributed by atoms with Crippen molar-refractivity contribution in [3.63, 3.8) is 0 Å². The summed E-state index contributed by atoms with van der Waals surface area (Å²) in [6, 6.07) is 0. The van der Waals surface area contributed by atoms with E-state index in [4.69, 9.17) is 0 Å². The van der Waals surface area contributed by atoms with Crippen LogP contribution in [0.3, 0.4) is 0 Å². The lowest BCUT2D eigenvalue weighted by molar-refractivity contribution is -0.144. The third-order valence-electron chi connectivity index (χ3n) is 3.34. The van der Waals surface area contributed by atoms with Crippen molar-refractivity contribution in [2.75, 3.05) is 26.7 Å². The Kier molecular flexibility index (Phi) is 8.20. The van der Waals surface area contributed by atoms with E-state index >= 15 is 0 Å². The van der Waals surface area contributed by atoms with Gasteiger partial charge in [0.2, 0.25) is 0 Å². The fourth-order valence-corrected chi connectivity index (χ4v) is 1.95. The molecular weight excluding hydrogens is 228 g/mol. The van der Waals surface area contributed by atoms with Gasteiger partial charge in [-0.15, -0.1) is 0 Å². The van der Waals surface area contributed by atoms with Crippen molar-refractivity contribution in [3.8, 4) is 0 Å². The van der Waals surface area contributed by atoms with Crippen molar-refractivity contribution >= 4 is 5.97 Å². The summed E-state index contributed by atoms with van der Waals surface area (Å²) in [7, 11) is 2.10. The molecule has 0 aromatic carbocycles. The lowest BCUT2D eigenvalue weighted by atomic mass is 9.95. The van der Waals surface area contributed by atoms with E-state index < -0.39 is 11.5 Å². The van der Waals surface area contributed by atoms with Crippen molar-refractivity contribution in [2.24, 2.45) is 5.92 Å². The van der Waals surface area contributed by atoms with Crippen LogP contribution < -0.4 is 5.32 Å². The van der Waals surface area contributed by atoms with Crippen LogP contribution in [0.1, 0.15) is 47.0 Å². The number of carboxylic acid groups (broad SMARTS) is 1. The molecule has 0 aromatic heterocycles. The minimum absolute atomic E-state index is 0.669. The van der Waals surface area contributed by atoms with Crippen LogP contribution in [0, 0.1) is 5.92 Å². The van der Waals surface area contributed by atoms with Crippen LogP contribution in [0.5, 0.6) is 0 Å². The third kappa shape index (κ3) is 6.97. The van der Waals surface area contributed by atoms with Crippen LogP contribution in [0.15, 0.2) is 0 Å². The molecule has 1 unspecified atom stereocenters. The maximum absolute atomic E-state index is 11.2. The highest BCUT2D eigenvalue weighted by atomic mass is 16.4. The Balaban J connectivity index is 3.96. The number of nitrogens with zero attached hydrogens (tertiary/aromatic N) is 1. The molecule has 4 heteroatoms. The highest BCUT2D eigenvalue weighted by Crippen LogP contribution is 2.13. The van der Waals surface area contributed by atoms with Crippen LogP contribution in [-0.4, -0.2) is 48.2 Å². The summed E-state index contributed by atoms with van der Waals surface area (Å²) in [5.74, 6) is -0.0346. The van der Waals surface area contributed by atoms with Gasteiger partial charge in [0, 0.05) is 0 Å². The summed E-state index contributed by atoms with van der Waals surface area (Å²) >= 11 is 0. The largest absolute Gasteiger partial charge is 0.480 e. The average Bonchev–Trinajstić information content (AvgIpc) is 2.26. The molecule has 0 aliphatic carbocycles. The normalized spacial score (nSPS) is 15.1. The van der Waals surface area contributed by atoms with Crippen molar-refractivity contribution < 1.29 is 9.90 Å². The van der Waals surface area contributed by atoms with Crippen molar-refractivity contribution in [1.29, 1.82) is 0 Å². The molecule has 0 aromatic rings. The summed E-state index contributed by atoms with van der Waals surface area (Å²) in [5.41, 5.74) is -0.784. The molecule has 0 saturated heterocycles. The zero-order valence-corrected chi connectivity index (χ0v) is 12.6. The molecule has 18 heavy (non-hydrogen) atoms. The summed E-state index contributed by atoms with van der Waals surface area (Å²) in [6.45, 7) is 10.9. The molecule has 0 spiro atoms.